The third-order valence-corrected chi connectivity index (χ3v) is 5.99. The summed E-state index contributed by atoms with van der Waals surface area (Å²) < 4.78 is 43.2. The molecule has 3 rings (SSSR count). The first kappa shape index (κ1) is 23.8. The van der Waals surface area contributed by atoms with E-state index in [1.54, 1.807) is 18.5 Å². The Labute approximate surface area is 189 Å². The van der Waals surface area contributed by atoms with Crippen molar-refractivity contribution in [3.8, 4) is 11.1 Å². The molecule has 0 fully saturated rings. The van der Waals surface area contributed by atoms with Crippen LogP contribution in [0.3, 0.4) is 0 Å². The summed E-state index contributed by atoms with van der Waals surface area (Å²) in [4.78, 5) is 15.2. The number of rotatable bonds is 9. The highest BCUT2D eigenvalue weighted by Crippen LogP contribution is 2.37. The summed E-state index contributed by atoms with van der Waals surface area (Å²) in [6, 6.07) is 14.7. The van der Waals surface area contributed by atoms with Crippen LogP contribution in [0.25, 0.3) is 11.1 Å². The highest BCUT2D eigenvalue weighted by atomic mass is 32.2. The van der Waals surface area contributed by atoms with Crippen molar-refractivity contribution in [1.29, 1.82) is 0 Å². The van der Waals surface area contributed by atoms with E-state index in [-0.39, 0.29) is 17.4 Å². The molecule has 2 N–H and O–H groups in total. The lowest BCUT2D eigenvalue weighted by Gasteiger charge is -2.21. The Morgan fingerprint density at radius 3 is 2.66 bits per heavy atom. The molecule has 4 nitrogen and oxygen atoms in total. The molecule has 1 unspecified atom stereocenters. The molecule has 0 aliphatic rings. The number of hydrogen-bond acceptors (Lipinski definition) is 4. The van der Waals surface area contributed by atoms with Gasteiger partial charge in [-0.15, -0.1) is 0 Å². The van der Waals surface area contributed by atoms with Crippen LogP contribution in [0.4, 0.5) is 13.2 Å². The second kappa shape index (κ2) is 10.7. The number of nitrogens with zero attached hydrogens (tertiary/aromatic N) is 1. The van der Waals surface area contributed by atoms with Gasteiger partial charge in [0.2, 0.25) is 0 Å². The molecule has 0 amide bonds. The number of pyridine rings is 1. The lowest BCUT2D eigenvalue weighted by molar-refractivity contribution is -0.140. The number of aromatic nitrogens is 1. The number of hydrogen-bond donors (Lipinski definition) is 2. The summed E-state index contributed by atoms with van der Waals surface area (Å²) in [6.45, 7) is 1.96. The molecule has 1 atom stereocenters. The minimum atomic E-state index is -4.46. The summed E-state index contributed by atoms with van der Waals surface area (Å²) >= 11 is 0.913. The average Bonchev–Trinajstić information content (AvgIpc) is 2.76. The van der Waals surface area contributed by atoms with E-state index in [4.69, 9.17) is 5.11 Å². The largest absolute Gasteiger partial charge is 0.481 e. The van der Waals surface area contributed by atoms with Crippen molar-refractivity contribution in [2.75, 3.05) is 0 Å². The van der Waals surface area contributed by atoms with Crippen LogP contribution in [-0.4, -0.2) is 16.1 Å². The summed E-state index contributed by atoms with van der Waals surface area (Å²) in [5.74, 6) is -0.903. The molecule has 2 aromatic carbocycles. The van der Waals surface area contributed by atoms with Gasteiger partial charge in [-0.25, -0.2) is 0 Å². The molecule has 0 bridgehead atoms. The SMILES string of the molecule is Cc1cnccc1-c1cccc(C(CCCC(=O)O)NSc2ccccc2C(F)(F)F)c1. The van der Waals surface area contributed by atoms with Crippen LogP contribution in [0, 0.1) is 6.92 Å². The van der Waals surface area contributed by atoms with Gasteiger partial charge in [0, 0.05) is 29.8 Å². The number of aliphatic carboxylic acids is 1. The topological polar surface area (TPSA) is 62.2 Å². The van der Waals surface area contributed by atoms with E-state index >= 15 is 0 Å². The van der Waals surface area contributed by atoms with Crippen molar-refractivity contribution in [2.45, 2.75) is 43.3 Å². The maximum atomic E-state index is 13.4. The van der Waals surface area contributed by atoms with E-state index < -0.39 is 17.7 Å². The van der Waals surface area contributed by atoms with E-state index in [0.29, 0.717) is 12.8 Å². The van der Waals surface area contributed by atoms with Crippen molar-refractivity contribution >= 4 is 17.9 Å². The van der Waals surface area contributed by atoms with Gasteiger partial charge in [-0.05, 0) is 78.2 Å². The van der Waals surface area contributed by atoms with Gasteiger partial charge in [-0.3, -0.25) is 14.5 Å². The molecule has 8 heteroatoms. The van der Waals surface area contributed by atoms with Gasteiger partial charge in [0.1, 0.15) is 0 Å². The molecule has 0 saturated carbocycles. The highest BCUT2D eigenvalue weighted by Gasteiger charge is 2.33. The number of carboxylic acids is 1. The third kappa shape index (κ3) is 6.34. The summed E-state index contributed by atoms with van der Waals surface area (Å²) in [5, 5.41) is 9.00. The minimum Gasteiger partial charge on any atom is -0.481 e. The van der Waals surface area contributed by atoms with Crippen LogP contribution in [0.1, 0.15) is 42.0 Å². The second-order valence-electron chi connectivity index (χ2n) is 7.37. The smallest absolute Gasteiger partial charge is 0.417 e. The number of benzene rings is 2. The van der Waals surface area contributed by atoms with Gasteiger partial charge in [-0.2, -0.15) is 13.2 Å². The molecule has 1 aromatic heterocycles. The Bertz CT molecular complexity index is 1070. The monoisotopic (exact) mass is 460 g/mol. The Morgan fingerprint density at radius 2 is 1.94 bits per heavy atom. The molecule has 0 radical (unpaired) electrons. The van der Waals surface area contributed by atoms with E-state index in [1.807, 2.05) is 37.3 Å². The van der Waals surface area contributed by atoms with Crippen molar-refractivity contribution in [2.24, 2.45) is 0 Å². The molecule has 1 heterocycles. The zero-order chi connectivity index (χ0) is 23.1. The van der Waals surface area contributed by atoms with Gasteiger partial charge in [0.05, 0.1) is 5.56 Å². The molecule has 0 saturated heterocycles. The number of alkyl halides is 3. The minimum absolute atomic E-state index is 0.00879. The van der Waals surface area contributed by atoms with Gasteiger partial charge in [0.15, 0.2) is 0 Å². The van der Waals surface area contributed by atoms with Gasteiger partial charge in [0.25, 0.3) is 0 Å². The molecule has 32 heavy (non-hydrogen) atoms. The molecule has 0 aliphatic heterocycles. The second-order valence-corrected chi connectivity index (χ2v) is 8.25. The van der Waals surface area contributed by atoms with Crippen LogP contribution in [0.5, 0.6) is 0 Å². The fourth-order valence-electron chi connectivity index (χ4n) is 3.40. The van der Waals surface area contributed by atoms with E-state index in [2.05, 4.69) is 9.71 Å². The first-order valence-corrected chi connectivity index (χ1v) is 10.9. The maximum absolute atomic E-state index is 13.4. The van der Waals surface area contributed by atoms with E-state index in [0.717, 1.165) is 40.3 Å². The summed E-state index contributed by atoms with van der Waals surface area (Å²) in [6.07, 6.45) is -0.122. The quantitative estimate of drug-likeness (QED) is 0.349. The van der Waals surface area contributed by atoms with E-state index in [1.165, 1.54) is 12.1 Å². The zero-order valence-electron chi connectivity index (χ0n) is 17.4. The van der Waals surface area contributed by atoms with Crippen molar-refractivity contribution in [3.05, 3.63) is 83.7 Å². The lowest BCUT2D eigenvalue weighted by atomic mass is 9.96. The predicted octanol–water partition coefficient (Wildman–Crippen LogP) is 6.67. The van der Waals surface area contributed by atoms with Crippen LogP contribution < -0.4 is 4.72 Å². The number of carbonyl (C=O) groups is 1. The number of halogens is 3. The van der Waals surface area contributed by atoms with Crippen molar-refractivity contribution in [3.63, 3.8) is 0 Å². The van der Waals surface area contributed by atoms with Crippen LogP contribution >= 0.6 is 11.9 Å². The normalized spacial score (nSPS) is 12.5. The fourth-order valence-corrected chi connectivity index (χ4v) is 4.36. The Balaban J connectivity index is 1.86. The molecule has 0 aliphatic carbocycles. The fraction of sp³-hybridized carbons (Fsp3) is 0.250. The van der Waals surface area contributed by atoms with Crippen LogP contribution in [0.2, 0.25) is 0 Å². The number of nitrogens with one attached hydrogen (secondary N) is 1. The molecule has 0 spiro atoms. The zero-order valence-corrected chi connectivity index (χ0v) is 18.2. The first-order chi connectivity index (χ1) is 15.3. The van der Waals surface area contributed by atoms with Gasteiger partial charge < -0.3 is 5.11 Å². The molecular weight excluding hydrogens is 437 g/mol. The maximum Gasteiger partial charge on any atom is 0.417 e. The predicted molar refractivity (Wildman–Crippen MR) is 119 cm³/mol. The standard InChI is InChI=1S/C24H23F3N2O2S/c1-16-15-28-13-12-19(16)17-6-4-7-18(14-17)21(9-5-11-23(30)31)29-32-22-10-3-2-8-20(22)24(25,26)27/h2-4,6-8,10,12-15,21,29H,5,9,11H2,1H3,(H,30,31). The molecule has 3 aromatic rings. The first-order valence-electron chi connectivity index (χ1n) is 10.1. The Hall–Kier alpha value is -2.84. The summed E-state index contributed by atoms with van der Waals surface area (Å²) in [7, 11) is 0. The number of aryl methyl sites for hydroxylation is 1. The average molecular weight is 461 g/mol. The highest BCUT2D eigenvalue weighted by molar-refractivity contribution is 7.97. The molecular formula is C24H23F3N2O2S. The Kier molecular flexibility index (Phi) is 7.93. The third-order valence-electron chi connectivity index (χ3n) is 5.01. The summed E-state index contributed by atoms with van der Waals surface area (Å²) in [5.41, 5.74) is 3.16. The van der Waals surface area contributed by atoms with Gasteiger partial charge in [-0.1, -0.05) is 30.3 Å². The van der Waals surface area contributed by atoms with Crippen LogP contribution in [0.15, 0.2) is 71.9 Å². The van der Waals surface area contributed by atoms with E-state index in [9.17, 15) is 18.0 Å². The van der Waals surface area contributed by atoms with Crippen molar-refractivity contribution < 1.29 is 23.1 Å². The lowest BCUT2D eigenvalue weighted by Crippen LogP contribution is -2.16. The van der Waals surface area contributed by atoms with Crippen molar-refractivity contribution in [1.82, 2.24) is 9.71 Å². The Morgan fingerprint density at radius 1 is 1.16 bits per heavy atom. The molecule has 168 valence electrons. The van der Waals surface area contributed by atoms with Crippen LogP contribution in [-0.2, 0) is 11.0 Å². The number of carboxylic acid groups (broad SMARTS) is 1. The van der Waals surface area contributed by atoms with Gasteiger partial charge >= 0.3 is 12.1 Å².